The van der Waals surface area contributed by atoms with Crippen LogP contribution < -0.4 is 4.90 Å². The lowest BCUT2D eigenvalue weighted by molar-refractivity contribution is -0.114. The SMILES string of the molecule is Cc1cc(C)c2c(c1)N(CN(C)Cc1c(C)nn(Cc3ccccc3Cl)c1C)C(=O)C2=O. The molecule has 1 aliphatic heterocycles. The van der Waals surface area contributed by atoms with E-state index in [4.69, 9.17) is 16.7 Å². The number of ketones is 1. The average molecular weight is 451 g/mol. The van der Waals surface area contributed by atoms with Crippen molar-refractivity contribution in [1.29, 1.82) is 0 Å². The minimum absolute atomic E-state index is 0.328. The van der Waals surface area contributed by atoms with Crippen molar-refractivity contribution >= 4 is 29.0 Å². The minimum Gasteiger partial charge on any atom is -0.291 e. The monoisotopic (exact) mass is 450 g/mol. The van der Waals surface area contributed by atoms with E-state index in [9.17, 15) is 9.59 Å². The third-order valence-electron chi connectivity index (χ3n) is 6.04. The first kappa shape index (κ1) is 22.2. The molecule has 6 nitrogen and oxygen atoms in total. The summed E-state index contributed by atoms with van der Waals surface area (Å²) in [5, 5.41) is 5.44. The molecule has 1 aliphatic rings. The van der Waals surface area contributed by atoms with E-state index in [2.05, 4.69) is 0 Å². The summed E-state index contributed by atoms with van der Waals surface area (Å²) in [6.07, 6.45) is 0. The summed E-state index contributed by atoms with van der Waals surface area (Å²) in [7, 11) is 1.95. The Bertz CT molecular complexity index is 1230. The van der Waals surface area contributed by atoms with Crippen LogP contribution in [-0.4, -0.2) is 40.1 Å². The first-order chi connectivity index (χ1) is 15.2. The number of halogens is 1. The zero-order valence-corrected chi connectivity index (χ0v) is 19.8. The molecule has 32 heavy (non-hydrogen) atoms. The van der Waals surface area contributed by atoms with Crippen molar-refractivity contribution in [1.82, 2.24) is 14.7 Å². The Morgan fingerprint density at radius 3 is 2.50 bits per heavy atom. The molecule has 7 heteroatoms. The number of carbonyl (C=O) groups is 2. The Labute approximate surface area is 193 Å². The fraction of sp³-hybridized carbons (Fsp3) is 0.320. The summed E-state index contributed by atoms with van der Waals surface area (Å²) in [5.74, 6) is -0.894. The summed E-state index contributed by atoms with van der Waals surface area (Å²) >= 11 is 6.33. The Kier molecular flexibility index (Phi) is 5.93. The number of hydrogen-bond acceptors (Lipinski definition) is 4. The largest absolute Gasteiger partial charge is 0.300 e. The molecular weight excluding hydrogens is 424 g/mol. The molecule has 2 heterocycles. The Morgan fingerprint density at radius 2 is 1.78 bits per heavy atom. The predicted octanol–water partition coefficient (Wildman–Crippen LogP) is 4.44. The molecule has 0 unspecified atom stereocenters. The Hall–Kier alpha value is -2.96. The van der Waals surface area contributed by atoms with Gasteiger partial charge >= 0.3 is 5.91 Å². The maximum atomic E-state index is 12.7. The zero-order chi connectivity index (χ0) is 23.2. The van der Waals surface area contributed by atoms with E-state index in [0.717, 1.165) is 38.7 Å². The maximum Gasteiger partial charge on any atom is 0.300 e. The van der Waals surface area contributed by atoms with Crippen molar-refractivity contribution in [3.05, 3.63) is 80.6 Å². The van der Waals surface area contributed by atoms with Crippen LogP contribution in [0, 0.1) is 27.7 Å². The van der Waals surface area contributed by atoms with E-state index in [1.54, 1.807) is 4.90 Å². The third kappa shape index (κ3) is 3.96. The molecule has 0 saturated heterocycles. The van der Waals surface area contributed by atoms with Gasteiger partial charge in [-0.3, -0.25) is 24.1 Å². The van der Waals surface area contributed by atoms with Crippen molar-refractivity contribution < 1.29 is 9.59 Å². The fourth-order valence-electron chi connectivity index (χ4n) is 4.40. The highest BCUT2D eigenvalue weighted by atomic mass is 35.5. The molecule has 3 aromatic rings. The number of carbonyl (C=O) groups excluding carboxylic acids is 2. The molecule has 1 amide bonds. The van der Waals surface area contributed by atoms with Crippen LogP contribution in [0.25, 0.3) is 0 Å². The Morgan fingerprint density at radius 1 is 1.06 bits per heavy atom. The van der Waals surface area contributed by atoms with E-state index in [-0.39, 0.29) is 0 Å². The minimum atomic E-state index is -0.469. The van der Waals surface area contributed by atoms with Gasteiger partial charge < -0.3 is 0 Å². The normalized spacial score (nSPS) is 13.4. The maximum absolute atomic E-state index is 12.7. The second kappa shape index (κ2) is 8.52. The van der Waals surface area contributed by atoms with Gasteiger partial charge in [-0.05, 0) is 63.6 Å². The van der Waals surface area contributed by atoms with Crippen molar-refractivity contribution in [2.24, 2.45) is 0 Å². The molecule has 2 aromatic carbocycles. The van der Waals surface area contributed by atoms with Crippen LogP contribution in [0.2, 0.25) is 5.02 Å². The van der Waals surface area contributed by atoms with Gasteiger partial charge in [0.25, 0.3) is 5.78 Å². The molecule has 0 saturated carbocycles. The molecule has 0 fully saturated rings. The number of Topliss-reactive ketones (excluding diaryl/α,β-unsaturated/α-hetero) is 1. The van der Waals surface area contributed by atoms with Crippen LogP contribution in [-0.2, 0) is 17.9 Å². The van der Waals surface area contributed by atoms with Gasteiger partial charge in [-0.25, -0.2) is 0 Å². The topological polar surface area (TPSA) is 58.4 Å². The van der Waals surface area contributed by atoms with Crippen molar-refractivity contribution in [2.75, 3.05) is 18.6 Å². The van der Waals surface area contributed by atoms with Gasteiger partial charge in [-0.2, -0.15) is 5.10 Å². The van der Waals surface area contributed by atoms with E-state index in [1.165, 1.54) is 0 Å². The molecule has 0 spiro atoms. The van der Waals surface area contributed by atoms with Gasteiger partial charge in [0.1, 0.15) is 0 Å². The highest BCUT2D eigenvalue weighted by Gasteiger charge is 2.37. The standard InChI is InChI=1S/C25H27ClN4O2/c1-15-10-16(2)23-22(11-15)29(25(32)24(23)31)14-28(5)13-20-17(3)27-30(18(20)4)12-19-8-6-7-9-21(19)26/h6-11H,12-14H2,1-5H3. The van der Waals surface area contributed by atoms with Crippen LogP contribution >= 0.6 is 11.6 Å². The first-order valence-corrected chi connectivity index (χ1v) is 11.0. The number of anilines is 1. The van der Waals surface area contributed by atoms with Crippen molar-refractivity contribution in [2.45, 2.75) is 40.8 Å². The third-order valence-corrected chi connectivity index (χ3v) is 6.41. The van der Waals surface area contributed by atoms with Crippen molar-refractivity contribution in [3.8, 4) is 0 Å². The highest BCUT2D eigenvalue weighted by molar-refractivity contribution is 6.52. The van der Waals surface area contributed by atoms with E-state index < -0.39 is 11.7 Å². The van der Waals surface area contributed by atoms with E-state index >= 15 is 0 Å². The molecule has 0 aliphatic carbocycles. The van der Waals surface area contributed by atoms with Gasteiger partial charge in [-0.15, -0.1) is 0 Å². The number of amides is 1. The lowest BCUT2D eigenvalue weighted by atomic mass is 10.0. The number of nitrogens with zero attached hydrogens (tertiary/aromatic N) is 4. The van der Waals surface area contributed by atoms with Crippen LogP contribution in [0.4, 0.5) is 5.69 Å². The summed E-state index contributed by atoms with van der Waals surface area (Å²) < 4.78 is 1.96. The van der Waals surface area contributed by atoms with E-state index in [1.807, 2.05) is 80.7 Å². The summed E-state index contributed by atoms with van der Waals surface area (Å²) in [5.41, 5.74) is 7.23. The first-order valence-electron chi connectivity index (χ1n) is 10.6. The molecule has 0 atom stereocenters. The number of aryl methyl sites for hydroxylation is 3. The van der Waals surface area contributed by atoms with E-state index in [0.29, 0.717) is 31.0 Å². The Balaban J connectivity index is 1.54. The molecule has 0 radical (unpaired) electrons. The second-order valence-corrected chi connectivity index (χ2v) is 9.00. The summed E-state index contributed by atoms with van der Waals surface area (Å²) in [4.78, 5) is 28.9. The molecule has 1 aromatic heterocycles. The predicted molar refractivity (Wildman–Crippen MR) is 126 cm³/mol. The van der Waals surface area contributed by atoms with Crippen LogP contribution in [0.15, 0.2) is 36.4 Å². The van der Waals surface area contributed by atoms with Gasteiger partial charge in [-0.1, -0.05) is 35.9 Å². The number of hydrogen-bond donors (Lipinski definition) is 0. The van der Waals surface area contributed by atoms with Crippen molar-refractivity contribution in [3.63, 3.8) is 0 Å². The molecule has 166 valence electrons. The number of fused-ring (bicyclic) bond motifs is 1. The summed E-state index contributed by atoms with van der Waals surface area (Å²) in [6, 6.07) is 11.6. The van der Waals surface area contributed by atoms with Gasteiger partial charge in [0, 0.05) is 22.8 Å². The molecular formula is C25H27ClN4O2. The number of benzene rings is 2. The van der Waals surface area contributed by atoms with Gasteiger partial charge in [0.05, 0.1) is 30.2 Å². The molecule has 4 rings (SSSR count). The second-order valence-electron chi connectivity index (χ2n) is 8.59. The molecule has 0 N–H and O–H groups in total. The highest BCUT2D eigenvalue weighted by Crippen LogP contribution is 2.33. The number of aromatic nitrogens is 2. The smallest absolute Gasteiger partial charge is 0.291 e. The lowest BCUT2D eigenvalue weighted by Gasteiger charge is -2.25. The lowest BCUT2D eigenvalue weighted by Crippen LogP contribution is -2.39. The fourth-order valence-corrected chi connectivity index (χ4v) is 4.59. The van der Waals surface area contributed by atoms with Crippen LogP contribution in [0.5, 0.6) is 0 Å². The van der Waals surface area contributed by atoms with Gasteiger partial charge in [0.2, 0.25) is 0 Å². The molecule has 0 bridgehead atoms. The quantitative estimate of drug-likeness (QED) is 0.521. The zero-order valence-electron chi connectivity index (χ0n) is 19.1. The average Bonchev–Trinajstić information content (AvgIpc) is 3.12. The number of rotatable bonds is 6. The van der Waals surface area contributed by atoms with Gasteiger partial charge in [0.15, 0.2) is 0 Å². The van der Waals surface area contributed by atoms with Crippen LogP contribution in [0.3, 0.4) is 0 Å². The van der Waals surface area contributed by atoms with Crippen LogP contribution in [0.1, 0.15) is 44.0 Å². The summed E-state index contributed by atoms with van der Waals surface area (Å²) in [6.45, 7) is 9.43.